The van der Waals surface area contributed by atoms with Crippen molar-refractivity contribution < 1.29 is 9.90 Å². The van der Waals surface area contributed by atoms with Crippen LogP contribution in [0.25, 0.3) is 0 Å². The predicted octanol–water partition coefficient (Wildman–Crippen LogP) is 3.15. The zero-order chi connectivity index (χ0) is 12.5. The number of para-hydroxylation sites is 1. The van der Waals surface area contributed by atoms with Gasteiger partial charge < -0.3 is 10.0 Å². The lowest BCUT2D eigenvalue weighted by atomic mass is 9.89. The minimum atomic E-state index is -0.845. The molecule has 0 aliphatic carbocycles. The Labute approximate surface area is 102 Å². The Morgan fingerprint density at radius 2 is 2.00 bits per heavy atom. The van der Waals surface area contributed by atoms with Crippen LogP contribution in [0.5, 0.6) is 0 Å². The summed E-state index contributed by atoms with van der Waals surface area (Å²) >= 11 is 0. The quantitative estimate of drug-likeness (QED) is 0.853. The van der Waals surface area contributed by atoms with Crippen molar-refractivity contribution in [3.05, 3.63) is 29.8 Å². The first-order valence-corrected chi connectivity index (χ1v) is 6.12. The van der Waals surface area contributed by atoms with Crippen molar-refractivity contribution in [2.24, 2.45) is 0 Å². The van der Waals surface area contributed by atoms with Gasteiger partial charge in [-0.3, -0.25) is 0 Å². The zero-order valence-corrected chi connectivity index (χ0v) is 10.4. The molecular formula is C14H19NO2. The van der Waals surface area contributed by atoms with Crippen LogP contribution in [0, 0.1) is 0 Å². The van der Waals surface area contributed by atoms with E-state index in [4.69, 9.17) is 0 Å². The van der Waals surface area contributed by atoms with Crippen LogP contribution >= 0.6 is 0 Å². The average Bonchev–Trinajstić information content (AvgIpc) is 2.28. The molecule has 92 valence electrons. The number of rotatable bonds is 2. The largest absolute Gasteiger partial charge is 0.478 e. The van der Waals surface area contributed by atoms with Crippen LogP contribution < -0.4 is 4.90 Å². The Morgan fingerprint density at radius 1 is 1.29 bits per heavy atom. The van der Waals surface area contributed by atoms with Crippen molar-refractivity contribution in [3.8, 4) is 0 Å². The van der Waals surface area contributed by atoms with E-state index in [0.717, 1.165) is 25.1 Å². The van der Waals surface area contributed by atoms with Gasteiger partial charge in [-0.05, 0) is 45.2 Å². The second kappa shape index (κ2) is 4.40. The molecule has 1 N–H and O–H groups in total. The molecule has 0 amide bonds. The Kier molecular flexibility index (Phi) is 3.09. The highest BCUT2D eigenvalue weighted by Crippen LogP contribution is 2.34. The zero-order valence-electron chi connectivity index (χ0n) is 10.4. The number of aromatic carboxylic acids is 1. The topological polar surface area (TPSA) is 40.5 Å². The molecule has 1 aromatic carbocycles. The summed E-state index contributed by atoms with van der Waals surface area (Å²) in [5.41, 5.74) is 1.30. The first-order chi connectivity index (χ1) is 8.02. The lowest BCUT2D eigenvalue weighted by molar-refractivity contribution is 0.0697. The van der Waals surface area contributed by atoms with E-state index in [9.17, 15) is 9.90 Å². The molecule has 2 rings (SSSR count). The van der Waals surface area contributed by atoms with E-state index in [1.54, 1.807) is 12.1 Å². The molecule has 0 radical (unpaired) electrons. The maximum Gasteiger partial charge on any atom is 0.337 e. The van der Waals surface area contributed by atoms with Crippen LogP contribution in [0.3, 0.4) is 0 Å². The summed E-state index contributed by atoms with van der Waals surface area (Å²) < 4.78 is 0. The van der Waals surface area contributed by atoms with Gasteiger partial charge in [-0.25, -0.2) is 4.79 Å². The molecule has 1 aromatic rings. The van der Waals surface area contributed by atoms with Crippen LogP contribution in [0.4, 0.5) is 5.69 Å². The van der Waals surface area contributed by atoms with E-state index >= 15 is 0 Å². The standard InChI is InChI=1S/C14H19NO2/c1-14(2)9-5-6-10-15(14)12-8-4-3-7-11(12)13(16)17/h3-4,7-8H,5-6,9-10H2,1-2H3,(H,16,17). The Bertz CT molecular complexity index is 426. The molecule has 0 spiro atoms. The molecule has 0 atom stereocenters. The van der Waals surface area contributed by atoms with Gasteiger partial charge in [-0.1, -0.05) is 12.1 Å². The SMILES string of the molecule is CC1(C)CCCCN1c1ccccc1C(=O)O. The molecule has 0 aromatic heterocycles. The maximum atomic E-state index is 11.2. The van der Waals surface area contributed by atoms with Gasteiger partial charge in [0.25, 0.3) is 0 Å². The molecule has 1 fully saturated rings. The fourth-order valence-electron chi connectivity index (χ4n) is 2.60. The third-order valence-electron chi connectivity index (χ3n) is 3.58. The number of hydrogen-bond acceptors (Lipinski definition) is 2. The highest BCUT2D eigenvalue weighted by Gasteiger charge is 2.31. The Balaban J connectivity index is 2.42. The molecule has 1 aliphatic heterocycles. The molecule has 1 heterocycles. The molecule has 0 bridgehead atoms. The fraction of sp³-hybridized carbons (Fsp3) is 0.500. The van der Waals surface area contributed by atoms with E-state index in [1.807, 2.05) is 12.1 Å². The Hall–Kier alpha value is -1.51. The van der Waals surface area contributed by atoms with Crippen LogP contribution in [-0.4, -0.2) is 23.2 Å². The van der Waals surface area contributed by atoms with Gasteiger partial charge in [-0.15, -0.1) is 0 Å². The number of nitrogens with zero attached hydrogens (tertiary/aromatic N) is 1. The minimum Gasteiger partial charge on any atom is -0.478 e. The van der Waals surface area contributed by atoms with E-state index in [1.165, 1.54) is 6.42 Å². The molecule has 3 heteroatoms. The van der Waals surface area contributed by atoms with Crippen molar-refractivity contribution in [2.45, 2.75) is 38.6 Å². The summed E-state index contributed by atoms with van der Waals surface area (Å²) in [6, 6.07) is 7.29. The van der Waals surface area contributed by atoms with Gasteiger partial charge in [-0.2, -0.15) is 0 Å². The lowest BCUT2D eigenvalue weighted by Gasteiger charge is -2.44. The molecule has 1 saturated heterocycles. The number of piperidine rings is 1. The third-order valence-corrected chi connectivity index (χ3v) is 3.58. The molecule has 0 unspecified atom stereocenters. The monoisotopic (exact) mass is 233 g/mol. The fourth-order valence-corrected chi connectivity index (χ4v) is 2.60. The molecule has 3 nitrogen and oxygen atoms in total. The van der Waals surface area contributed by atoms with Crippen LogP contribution in [-0.2, 0) is 0 Å². The smallest absolute Gasteiger partial charge is 0.337 e. The Morgan fingerprint density at radius 3 is 2.65 bits per heavy atom. The highest BCUT2D eigenvalue weighted by atomic mass is 16.4. The number of benzene rings is 1. The van der Waals surface area contributed by atoms with Gasteiger partial charge in [0.2, 0.25) is 0 Å². The van der Waals surface area contributed by atoms with Gasteiger partial charge in [0.05, 0.1) is 11.3 Å². The predicted molar refractivity (Wildman–Crippen MR) is 68.7 cm³/mol. The highest BCUT2D eigenvalue weighted by molar-refractivity contribution is 5.94. The summed E-state index contributed by atoms with van der Waals surface area (Å²) in [5, 5.41) is 9.24. The molecule has 1 aliphatic rings. The van der Waals surface area contributed by atoms with E-state index in [2.05, 4.69) is 18.7 Å². The summed E-state index contributed by atoms with van der Waals surface area (Å²) in [5.74, 6) is -0.845. The average molecular weight is 233 g/mol. The van der Waals surface area contributed by atoms with Gasteiger partial charge in [0.1, 0.15) is 0 Å². The van der Waals surface area contributed by atoms with E-state index < -0.39 is 5.97 Å². The van der Waals surface area contributed by atoms with E-state index in [-0.39, 0.29) is 5.54 Å². The van der Waals surface area contributed by atoms with Crippen LogP contribution in [0.15, 0.2) is 24.3 Å². The number of carbonyl (C=O) groups is 1. The van der Waals surface area contributed by atoms with E-state index in [0.29, 0.717) is 5.56 Å². The van der Waals surface area contributed by atoms with Crippen LogP contribution in [0.2, 0.25) is 0 Å². The first kappa shape index (κ1) is 12.0. The number of carboxylic acids is 1. The van der Waals surface area contributed by atoms with Crippen molar-refractivity contribution >= 4 is 11.7 Å². The summed E-state index contributed by atoms with van der Waals surface area (Å²) in [6.07, 6.45) is 3.47. The lowest BCUT2D eigenvalue weighted by Crippen LogP contribution is -2.48. The van der Waals surface area contributed by atoms with Crippen molar-refractivity contribution in [1.82, 2.24) is 0 Å². The number of carboxylic acid groups (broad SMARTS) is 1. The van der Waals surface area contributed by atoms with Gasteiger partial charge in [0, 0.05) is 12.1 Å². The second-order valence-electron chi connectivity index (χ2n) is 5.24. The maximum absolute atomic E-state index is 11.2. The summed E-state index contributed by atoms with van der Waals surface area (Å²) in [7, 11) is 0. The third kappa shape index (κ3) is 2.28. The first-order valence-electron chi connectivity index (χ1n) is 6.12. The second-order valence-corrected chi connectivity index (χ2v) is 5.24. The summed E-state index contributed by atoms with van der Waals surface area (Å²) in [4.78, 5) is 13.5. The summed E-state index contributed by atoms with van der Waals surface area (Å²) in [6.45, 7) is 5.31. The van der Waals surface area contributed by atoms with Crippen LogP contribution in [0.1, 0.15) is 43.5 Å². The van der Waals surface area contributed by atoms with Crippen molar-refractivity contribution in [2.75, 3.05) is 11.4 Å². The van der Waals surface area contributed by atoms with Gasteiger partial charge in [0.15, 0.2) is 0 Å². The van der Waals surface area contributed by atoms with Crippen molar-refractivity contribution in [1.29, 1.82) is 0 Å². The number of hydrogen-bond donors (Lipinski definition) is 1. The number of anilines is 1. The minimum absolute atomic E-state index is 0.0454. The molecule has 17 heavy (non-hydrogen) atoms. The molecular weight excluding hydrogens is 214 g/mol. The van der Waals surface area contributed by atoms with Gasteiger partial charge >= 0.3 is 5.97 Å². The molecule has 0 saturated carbocycles. The van der Waals surface area contributed by atoms with Crippen molar-refractivity contribution in [3.63, 3.8) is 0 Å². The normalized spacial score (nSPS) is 19.1.